The van der Waals surface area contributed by atoms with E-state index in [-0.39, 0.29) is 5.91 Å². The summed E-state index contributed by atoms with van der Waals surface area (Å²) in [5, 5.41) is 16.6. The highest BCUT2D eigenvalue weighted by molar-refractivity contribution is 7.13. The van der Waals surface area contributed by atoms with Gasteiger partial charge in [-0.1, -0.05) is 19.3 Å². The minimum atomic E-state index is -0.673. The van der Waals surface area contributed by atoms with Gasteiger partial charge in [0.15, 0.2) is 5.13 Å². The number of tetrazole rings is 1. The van der Waals surface area contributed by atoms with E-state index in [1.165, 1.54) is 17.7 Å². The Kier molecular flexibility index (Phi) is 3.24. The van der Waals surface area contributed by atoms with Gasteiger partial charge in [0, 0.05) is 11.6 Å². The Morgan fingerprint density at radius 2 is 2.21 bits per heavy atom. The van der Waals surface area contributed by atoms with Crippen LogP contribution < -0.4 is 5.32 Å². The molecule has 2 heterocycles. The van der Waals surface area contributed by atoms with Gasteiger partial charge in [0.05, 0.1) is 0 Å². The van der Waals surface area contributed by atoms with E-state index in [2.05, 4.69) is 25.8 Å². The Labute approximate surface area is 114 Å². The standard InChI is InChI=1S/C11H14N6OS/c18-9(14-10-12-6-7-19-10)11(4-2-1-3-5-11)17-8-13-15-16-17/h6-8H,1-5H2,(H,12,14,18). The summed E-state index contributed by atoms with van der Waals surface area (Å²) < 4.78 is 1.59. The van der Waals surface area contributed by atoms with E-state index in [1.54, 1.807) is 10.9 Å². The summed E-state index contributed by atoms with van der Waals surface area (Å²) in [5.74, 6) is -0.0746. The molecule has 1 aliphatic carbocycles. The Morgan fingerprint density at radius 1 is 1.37 bits per heavy atom. The molecule has 0 saturated heterocycles. The highest BCUT2D eigenvalue weighted by atomic mass is 32.1. The van der Waals surface area contributed by atoms with Crippen LogP contribution in [-0.2, 0) is 10.3 Å². The van der Waals surface area contributed by atoms with E-state index in [9.17, 15) is 4.79 Å². The Bertz CT molecular complexity index is 532. The highest BCUT2D eigenvalue weighted by Gasteiger charge is 2.42. The summed E-state index contributed by atoms with van der Waals surface area (Å²) in [6.07, 6.45) is 7.87. The molecule has 8 heteroatoms. The second kappa shape index (κ2) is 5.04. The first-order valence-electron chi connectivity index (χ1n) is 6.26. The first-order valence-corrected chi connectivity index (χ1v) is 7.14. The number of hydrogen-bond acceptors (Lipinski definition) is 6. The zero-order valence-electron chi connectivity index (χ0n) is 10.3. The van der Waals surface area contributed by atoms with Crippen molar-refractivity contribution < 1.29 is 4.79 Å². The summed E-state index contributed by atoms with van der Waals surface area (Å²) >= 11 is 1.41. The number of hydrogen-bond donors (Lipinski definition) is 1. The molecule has 0 atom stereocenters. The van der Waals surface area contributed by atoms with E-state index in [0.717, 1.165) is 32.1 Å². The van der Waals surface area contributed by atoms with Gasteiger partial charge in [-0.25, -0.2) is 9.67 Å². The summed E-state index contributed by atoms with van der Waals surface area (Å²) in [7, 11) is 0. The van der Waals surface area contributed by atoms with E-state index in [1.807, 2.05) is 5.38 Å². The third-order valence-corrected chi connectivity index (χ3v) is 4.23. The van der Waals surface area contributed by atoms with E-state index in [0.29, 0.717) is 5.13 Å². The van der Waals surface area contributed by atoms with Crippen molar-refractivity contribution in [3.63, 3.8) is 0 Å². The number of aromatic nitrogens is 5. The van der Waals surface area contributed by atoms with Crippen LogP contribution in [0.25, 0.3) is 0 Å². The lowest BCUT2D eigenvalue weighted by Gasteiger charge is -2.34. The number of carbonyl (C=O) groups is 1. The number of nitrogens with zero attached hydrogens (tertiary/aromatic N) is 5. The van der Waals surface area contributed by atoms with Crippen LogP contribution in [0.2, 0.25) is 0 Å². The number of carbonyl (C=O) groups excluding carboxylic acids is 1. The van der Waals surface area contributed by atoms with E-state index < -0.39 is 5.54 Å². The second-order valence-electron chi connectivity index (χ2n) is 4.64. The smallest absolute Gasteiger partial charge is 0.254 e. The zero-order chi connectivity index (χ0) is 13.1. The van der Waals surface area contributed by atoms with Crippen molar-refractivity contribution in [3.05, 3.63) is 17.9 Å². The molecule has 1 N–H and O–H groups in total. The lowest BCUT2D eigenvalue weighted by atomic mass is 9.81. The summed E-state index contributed by atoms with van der Waals surface area (Å²) in [4.78, 5) is 16.7. The predicted molar refractivity (Wildman–Crippen MR) is 69.6 cm³/mol. The van der Waals surface area contributed by atoms with Gasteiger partial charge in [-0.15, -0.1) is 16.4 Å². The lowest BCUT2D eigenvalue weighted by Crippen LogP contribution is -2.47. The van der Waals surface area contributed by atoms with Gasteiger partial charge < -0.3 is 0 Å². The Hall–Kier alpha value is -1.83. The third-order valence-electron chi connectivity index (χ3n) is 3.54. The molecule has 1 aliphatic rings. The average molecular weight is 278 g/mol. The largest absolute Gasteiger partial charge is 0.300 e. The molecule has 1 saturated carbocycles. The number of rotatable bonds is 3. The van der Waals surface area contributed by atoms with Crippen LogP contribution in [-0.4, -0.2) is 31.1 Å². The van der Waals surface area contributed by atoms with Gasteiger partial charge in [-0.2, -0.15) is 0 Å². The molecule has 1 fully saturated rings. The molecule has 0 aromatic carbocycles. The Morgan fingerprint density at radius 3 is 2.84 bits per heavy atom. The topological polar surface area (TPSA) is 85.6 Å². The maximum Gasteiger partial charge on any atom is 0.254 e. The normalized spacial score (nSPS) is 18.1. The zero-order valence-corrected chi connectivity index (χ0v) is 11.1. The van der Waals surface area contributed by atoms with Crippen molar-refractivity contribution in [3.8, 4) is 0 Å². The van der Waals surface area contributed by atoms with E-state index in [4.69, 9.17) is 0 Å². The number of thiazole rings is 1. The number of anilines is 1. The molecule has 19 heavy (non-hydrogen) atoms. The number of amides is 1. The minimum Gasteiger partial charge on any atom is -0.300 e. The maximum absolute atomic E-state index is 12.6. The van der Waals surface area contributed by atoms with Crippen LogP contribution in [0.4, 0.5) is 5.13 Å². The first-order chi connectivity index (χ1) is 9.31. The van der Waals surface area contributed by atoms with Gasteiger partial charge >= 0.3 is 0 Å². The number of nitrogens with one attached hydrogen (secondary N) is 1. The van der Waals surface area contributed by atoms with Crippen LogP contribution in [0.3, 0.4) is 0 Å². The van der Waals surface area contributed by atoms with Gasteiger partial charge in [0.2, 0.25) is 0 Å². The van der Waals surface area contributed by atoms with Crippen molar-refractivity contribution in [1.29, 1.82) is 0 Å². The minimum absolute atomic E-state index is 0.0746. The molecular weight excluding hydrogens is 264 g/mol. The molecule has 0 spiro atoms. The summed E-state index contributed by atoms with van der Waals surface area (Å²) in [6, 6.07) is 0. The monoisotopic (exact) mass is 278 g/mol. The second-order valence-corrected chi connectivity index (χ2v) is 5.53. The molecule has 1 amide bonds. The van der Waals surface area contributed by atoms with Crippen LogP contribution in [0.15, 0.2) is 17.9 Å². The van der Waals surface area contributed by atoms with Gasteiger partial charge in [-0.05, 0) is 23.3 Å². The van der Waals surface area contributed by atoms with E-state index >= 15 is 0 Å². The van der Waals surface area contributed by atoms with Crippen molar-refractivity contribution in [2.24, 2.45) is 0 Å². The van der Waals surface area contributed by atoms with Crippen LogP contribution in [0.1, 0.15) is 32.1 Å². The van der Waals surface area contributed by atoms with Gasteiger partial charge in [-0.3, -0.25) is 10.1 Å². The molecule has 100 valence electrons. The molecule has 0 radical (unpaired) electrons. The highest BCUT2D eigenvalue weighted by Crippen LogP contribution is 2.35. The Balaban J connectivity index is 1.88. The molecule has 3 rings (SSSR count). The molecule has 2 aromatic heterocycles. The van der Waals surface area contributed by atoms with Crippen molar-refractivity contribution in [1.82, 2.24) is 25.2 Å². The molecule has 0 aliphatic heterocycles. The maximum atomic E-state index is 12.6. The van der Waals surface area contributed by atoms with Crippen molar-refractivity contribution in [2.45, 2.75) is 37.6 Å². The molecule has 0 bridgehead atoms. The van der Waals surface area contributed by atoms with Gasteiger partial charge in [0.1, 0.15) is 11.9 Å². The first kappa shape index (κ1) is 12.2. The quantitative estimate of drug-likeness (QED) is 0.917. The fourth-order valence-corrected chi connectivity index (χ4v) is 3.08. The van der Waals surface area contributed by atoms with Crippen LogP contribution in [0.5, 0.6) is 0 Å². The lowest BCUT2D eigenvalue weighted by molar-refractivity contribution is -0.126. The molecule has 7 nitrogen and oxygen atoms in total. The summed E-state index contributed by atoms with van der Waals surface area (Å²) in [6.45, 7) is 0. The summed E-state index contributed by atoms with van der Waals surface area (Å²) in [5.41, 5.74) is -0.673. The average Bonchev–Trinajstić information content (AvgIpc) is 3.12. The van der Waals surface area contributed by atoms with Crippen molar-refractivity contribution in [2.75, 3.05) is 5.32 Å². The third kappa shape index (κ3) is 2.23. The fourth-order valence-electron chi connectivity index (χ4n) is 2.55. The molecule has 0 unspecified atom stereocenters. The molecular formula is C11H14N6OS. The predicted octanol–water partition coefficient (Wildman–Crippen LogP) is 1.43. The van der Waals surface area contributed by atoms with Crippen LogP contribution in [0, 0.1) is 0 Å². The SMILES string of the molecule is O=C(Nc1nccs1)C1(n2cnnn2)CCCCC1. The van der Waals surface area contributed by atoms with Crippen LogP contribution >= 0.6 is 11.3 Å². The molecule has 2 aromatic rings. The van der Waals surface area contributed by atoms with Gasteiger partial charge in [0.25, 0.3) is 5.91 Å². The fraction of sp³-hybridized carbons (Fsp3) is 0.545. The van der Waals surface area contributed by atoms with Crippen molar-refractivity contribution >= 4 is 22.4 Å².